The molecule has 3 heteroatoms. The first kappa shape index (κ1) is 15.5. The van der Waals surface area contributed by atoms with E-state index in [1.165, 1.54) is 5.56 Å². The quantitative estimate of drug-likeness (QED) is 0.779. The largest absolute Gasteiger partial charge is 0.484 e. The zero-order valence-corrected chi connectivity index (χ0v) is 13.1. The number of nitrogens with zero attached hydrogens (tertiary/aromatic N) is 1. The van der Waals surface area contributed by atoms with Crippen LogP contribution in [-0.4, -0.2) is 11.5 Å². The minimum atomic E-state index is 0.0145. The van der Waals surface area contributed by atoms with Gasteiger partial charge in [0.15, 0.2) is 0 Å². The first-order valence-corrected chi connectivity index (χ1v) is 7.59. The lowest BCUT2D eigenvalue weighted by Crippen LogP contribution is -2.16. The molecule has 1 unspecified atom stereocenters. The van der Waals surface area contributed by atoms with E-state index in [9.17, 15) is 0 Å². The number of aryl methyl sites for hydroxylation is 1. The van der Waals surface area contributed by atoms with Crippen LogP contribution in [-0.2, 0) is 6.54 Å². The van der Waals surface area contributed by atoms with Gasteiger partial charge in [-0.15, -0.1) is 0 Å². The van der Waals surface area contributed by atoms with Crippen molar-refractivity contribution in [1.82, 2.24) is 10.3 Å². The van der Waals surface area contributed by atoms with E-state index >= 15 is 0 Å². The molecule has 0 saturated carbocycles. The lowest BCUT2D eigenvalue weighted by molar-refractivity contribution is 0.223. The first-order valence-electron chi connectivity index (χ1n) is 7.59. The summed E-state index contributed by atoms with van der Waals surface area (Å²) in [6.07, 6.45) is 1.13. The lowest BCUT2D eigenvalue weighted by atomic mass is 10.1. The van der Waals surface area contributed by atoms with Crippen molar-refractivity contribution in [3.05, 3.63) is 59.4 Å². The Balaban J connectivity index is 2.11. The molecule has 0 spiro atoms. The van der Waals surface area contributed by atoms with Gasteiger partial charge in [-0.2, -0.15) is 0 Å². The Kier molecular flexibility index (Phi) is 5.76. The predicted molar refractivity (Wildman–Crippen MR) is 86.5 cm³/mol. The molecule has 0 amide bonds. The van der Waals surface area contributed by atoms with Crippen molar-refractivity contribution in [3.8, 4) is 5.75 Å². The van der Waals surface area contributed by atoms with Gasteiger partial charge in [0.1, 0.15) is 11.9 Å². The normalized spacial score (nSPS) is 12.1. The molecule has 0 fully saturated rings. The fourth-order valence-corrected chi connectivity index (χ4v) is 2.20. The summed E-state index contributed by atoms with van der Waals surface area (Å²) in [6, 6.07) is 14.3. The van der Waals surface area contributed by atoms with Gasteiger partial charge in [0.05, 0.1) is 5.69 Å². The maximum Gasteiger partial charge on any atom is 0.143 e. The molecule has 21 heavy (non-hydrogen) atoms. The molecular formula is C18H24N2O. The van der Waals surface area contributed by atoms with Gasteiger partial charge < -0.3 is 10.1 Å². The van der Waals surface area contributed by atoms with E-state index in [1.807, 2.05) is 37.3 Å². The van der Waals surface area contributed by atoms with Crippen LogP contribution in [0.5, 0.6) is 5.75 Å². The Bertz CT molecular complexity index is 554. The maximum absolute atomic E-state index is 6.11. The van der Waals surface area contributed by atoms with E-state index in [-0.39, 0.29) is 6.10 Å². The Morgan fingerprint density at radius 3 is 2.62 bits per heavy atom. The topological polar surface area (TPSA) is 34.2 Å². The zero-order valence-electron chi connectivity index (χ0n) is 13.1. The Hall–Kier alpha value is -1.87. The molecule has 112 valence electrons. The van der Waals surface area contributed by atoms with Crippen molar-refractivity contribution in [3.63, 3.8) is 0 Å². The molecule has 0 radical (unpaired) electrons. The van der Waals surface area contributed by atoms with Gasteiger partial charge in [0.25, 0.3) is 0 Å². The van der Waals surface area contributed by atoms with Crippen LogP contribution in [0.2, 0.25) is 0 Å². The van der Waals surface area contributed by atoms with Crippen LogP contribution < -0.4 is 10.1 Å². The molecule has 3 nitrogen and oxygen atoms in total. The Morgan fingerprint density at radius 1 is 1.14 bits per heavy atom. The van der Waals surface area contributed by atoms with Crippen LogP contribution in [0.1, 0.15) is 43.3 Å². The molecule has 2 rings (SSSR count). The molecule has 0 aliphatic rings. The zero-order chi connectivity index (χ0) is 15.1. The first-order chi connectivity index (χ1) is 10.2. The summed E-state index contributed by atoms with van der Waals surface area (Å²) in [7, 11) is 0. The number of hydrogen-bond acceptors (Lipinski definition) is 3. The molecule has 1 aromatic heterocycles. The summed E-state index contributed by atoms with van der Waals surface area (Å²) >= 11 is 0. The summed E-state index contributed by atoms with van der Waals surface area (Å²) in [5, 5.41) is 3.39. The molecule has 0 saturated heterocycles. The fraction of sp³-hybridized carbons (Fsp3) is 0.389. The van der Waals surface area contributed by atoms with Crippen molar-refractivity contribution in [1.29, 1.82) is 0 Å². The molecule has 1 heterocycles. The number of rotatable bonds is 7. The third-order valence-corrected chi connectivity index (χ3v) is 3.36. The van der Waals surface area contributed by atoms with E-state index in [1.54, 1.807) is 0 Å². The number of benzene rings is 1. The number of nitrogens with one attached hydrogen (secondary N) is 1. The SMILES string of the molecule is CCCNCc1nc(C)ccc1OC(C)c1ccccc1. The van der Waals surface area contributed by atoms with Crippen molar-refractivity contribution in [2.24, 2.45) is 0 Å². The number of pyridine rings is 1. The van der Waals surface area contributed by atoms with Crippen LogP contribution in [0.3, 0.4) is 0 Å². The summed E-state index contributed by atoms with van der Waals surface area (Å²) in [6.45, 7) is 7.97. The van der Waals surface area contributed by atoms with Crippen molar-refractivity contribution < 1.29 is 4.74 Å². The van der Waals surface area contributed by atoms with Gasteiger partial charge in [0.2, 0.25) is 0 Å². The van der Waals surface area contributed by atoms with Crippen molar-refractivity contribution >= 4 is 0 Å². The summed E-state index contributed by atoms with van der Waals surface area (Å²) in [5.41, 5.74) is 3.17. The van der Waals surface area contributed by atoms with Crippen LogP contribution in [0.15, 0.2) is 42.5 Å². The van der Waals surface area contributed by atoms with Crippen molar-refractivity contribution in [2.75, 3.05) is 6.54 Å². The van der Waals surface area contributed by atoms with Gasteiger partial charge in [-0.05, 0) is 44.5 Å². The maximum atomic E-state index is 6.11. The lowest BCUT2D eigenvalue weighted by Gasteiger charge is -2.18. The summed E-state index contributed by atoms with van der Waals surface area (Å²) in [4.78, 5) is 4.60. The fourth-order valence-electron chi connectivity index (χ4n) is 2.20. The van der Waals surface area contributed by atoms with Gasteiger partial charge >= 0.3 is 0 Å². The molecule has 0 aliphatic carbocycles. The smallest absolute Gasteiger partial charge is 0.143 e. The monoisotopic (exact) mass is 284 g/mol. The predicted octanol–water partition coefficient (Wildman–Crippen LogP) is 4.03. The van der Waals surface area contributed by atoms with E-state index in [0.717, 1.165) is 36.6 Å². The van der Waals surface area contributed by atoms with Crippen LogP contribution >= 0.6 is 0 Å². The Morgan fingerprint density at radius 2 is 1.90 bits per heavy atom. The highest BCUT2D eigenvalue weighted by molar-refractivity contribution is 5.30. The molecular weight excluding hydrogens is 260 g/mol. The van der Waals surface area contributed by atoms with E-state index in [2.05, 4.69) is 36.3 Å². The summed E-state index contributed by atoms with van der Waals surface area (Å²) in [5.74, 6) is 0.862. The van der Waals surface area contributed by atoms with E-state index < -0.39 is 0 Å². The van der Waals surface area contributed by atoms with Crippen LogP contribution in [0.25, 0.3) is 0 Å². The van der Waals surface area contributed by atoms with Crippen LogP contribution in [0.4, 0.5) is 0 Å². The third kappa shape index (κ3) is 4.57. The number of hydrogen-bond donors (Lipinski definition) is 1. The average Bonchev–Trinajstić information content (AvgIpc) is 2.51. The molecule has 2 aromatic rings. The van der Waals surface area contributed by atoms with Crippen molar-refractivity contribution in [2.45, 2.75) is 39.8 Å². The minimum Gasteiger partial charge on any atom is -0.484 e. The second-order valence-electron chi connectivity index (χ2n) is 5.25. The average molecular weight is 284 g/mol. The molecule has 0 aliphatic heterocycles. The van der Waals surface area contributed by atoms with Crippen LogP contribution in [0, 0.1) is 6.92 Å². The molecule has 1 N–H and O–H groups in total. The van der Waals surface area contributed by atoms with Gasteiger partial charge in [-0.1, -0.05) is 37.3 Å². The highest BCUT2D eigenvalue weighted by Crippen LogP contribution is 2.24. The second kappa shape index (κ2) is 7.79. The van der Waals surface area contributed by atoms with Gasteiger partial charge in [-0.3, -0.25) is 4.98 Å². The molecule has 0 bridgehead atoms. The van der Waals surface area contributed by atoms with E-state index in [4.69, 9.17) is 4.74 Å². The Labute approximate surface area is 127 Å². The summed E-state index contributed by atoms with van der Waals surface area (Å²) < 4.78 is 6.11. The molecule has 1 aromatic carbocycles. The number of ether oxygens (including phenoxy) is 1. The molecule has 1 atom stereocenters. The van der Waals surface area contributed by atoms with E-state index in [0.29, 0.717) is 0 Å². The number of aromatic nitrogens is 1. The third-order valence-electron chi connectivity index (χ3n) is 3.36. The highest BCUT2D eigenvalue weighted by atomic mass is 16.5. The minimum absolute atomic E-state index is 0.0145. The highest BCUT2D eigenvalue weighted by Gasteiger charge is 2.11. The standard InChI is InChI=1S/C18H24N2O/c1-4-12-19-13-17-18(11-10-14(2)20-17)21-15(3)16-8-6-5-7-9-16/h5-11,15,19H,4,12-13H2,1-3H3. The van der Waals surface area contributed by atoms with Gasteiger partial charge in [-0.25, -0.2) is 0 Å². The second-order valence-corrected chi connectivity index (χ2v) is 5.25. The van der Waals surface area contributed by atoms with Gasteiger partial charge in [0, 0.05) is 12.2 Å².